The molecule has 1 atom stereocenters. The summed E-state index contributed by atoms with van der Waals surface area (Å²) in [4.78, 5) is 12.6. The third-order valence-corrected chi connectivity index (χ3v) is 5.12. The maximum absolute atomic E-state index is 13.9. The summed E-state index contributed by atoms with van der Waals surface area (Å²) in [6.45, 7) is 2.31. The van der Waals surface area contributed by atoms with E-state index in [-0.39, 0.29) is 12.5 Å². The SMILES string of the molecule is CC1CCc2onc(C(=O)Nc3ccn(Cc4c(F)cccc4Cl)n3)c2C1. The highest BCUT2D eigenvalue weighted by atomic mass is 35.5. The van der Waals surface area contributed by atoms with Crippen LogP contribution in [0.4, 0.5) is 10.2 Å². The monoisotopic (exact) mass is 388 g/mol. The van der Waals surface area contributed by atoms with Crippen molar-refractivity contribution in [3.05, 3.63) is 63.9 Å². The first-order valence-corrected chi connectivity index (χ1v) is 9.14. The average molecular weight is 389 g/mol. The Morgan fingerprint density at radius 3 is 3.11 bits per heavy atom. The van der Waals surface area contributed by atoms with Crippen LogP contribution >= 0.6 is 11.6 Å². The molecular weight excluding hydrogens is 371 g/mol. The number of hydrogen-bond acceptors (Lipinski definition) is 4. The molecule has 0 radical (unpaired) electrons. The van der Waals surface area contributed by atoms with E-state index in [1.807, 2.05) is 0 Å². The molecule has 0 bridgehead atoms. The molecular formula is C19H18ClFN4O2. The van der Waals surface area contributed by atoms with E-state index in [1.54, 1.807) is 24.4 Å². The largest absolute Gasteiger partial charge is 0.360 e. The van der Waals surface area contributed by atoms with Gasteiger partial charge in [0.25, 0.3) is 5.91 Å². The zero-order valence-corrected chi connectivity index (χ0v) is 15.5. The van der Waals surface area contributed by atoms with E-state index in [2.05, 4.69) is 22.5 Å². The zero-order chi connectivity index (χ0) is 19.0. The van der Waals surface area contributed by atoms with Gasteiger partial charge in [0.1, 0.15) is 11.6 Å². The van der Waals surface area contributed by atoms with Crippen LogP contribution in [-0.4, -0.2) is 20.8 Å². The van der Waals surface area contributed by atoms with Crippen LogP contribution in [0, 0.1) is 11.7 Å². The predicted octanol–water partition coefficient (Wildman–Crippen LogP) is 4.09. The molecule has 1 amide bonds. The smallest absolute Gasteiger partial charge is 0.279 e. The summed E-state index contributed by atoms with van der Waals surface area (Å²) in [7, 11) is 0. The molecule has 1 aliphatic carbocycles. The Morgan fingerprint density at radius 1 is 1.44 bits per heavy atom. The number of aryl methyl sites for hydroxylation is 1. The molecule has 0 fully saturated rings. The van der Waals surface area contributed by atoms with Crippen LogP contribution in [0.1, 0.15) is 40.7 Å². The Labute approximate surface area is 160 Å². The van der Waals surface area contributed by atoms with Gasteiger partial charge < -0.3 is 9.84 Å². The molecule has 1 N–H and O–H groups in total. The van der Waals surface area contributed by atoms with Gasteiger partial charge in [-0.25, -0.2) is 4.39 Å². The van der Waals surface area contributed by atoms with Crippen molar-refractivity contribution in [1.29, 1.82) is 0 Å². The predicted molar refractivity (Wildman–Crippen MR) is 98.4 cm³/mol. The normalized spacial score (nSPS) is 16.2. The van der Waals surface area contributed by atoms with Gasteiger partial charge in [-0.1, -0.05) is 29.7 Å². The lowest BCUT2D eigenvalue weighted by Gasteiger charge is -2.16. The van der Waals surface area contributed by atoms with Gasteiger partial charge in [0.2, 0.25) is 0 Å². The van der Waals surface area contributed by atoms with E-state index >= 15 is 0 Å². The highest BCUT2D eigenvalue weighted by Crippen LogP contribution is 2.28. The molecule has 0 saturated carbocycles. The lowest BCUT2D eigenvalue weighted by Crippen LogP contribution is -2.18. The molecule has 27 heavy (non-hydrogen) atoms. The van der Waals surface area contributed by atoms with Gasteiger partial charge in [-0.05, 0) is 30.9 Å². The van der Waals surface area contributed by atoms with Crippen molar-refractivity contribution in [3.63, 3.8) is 0 Å². The molecule has 2 heterocycles. The van der Waals surface area contributed by atoms with Crippen LogP contribution in [0.3, 0.4) is 0 Å². The van der Waals surface area contributed by atoms with Crippen molar-refractivity contribution >= 4 is 23.3 Å². The minimum absolute atomic E-state index is 0.165. The maximum atomic E-state index is 13.9. The molecule has 8 heteroatoms. The molecule has 1 unspecified atom stereocenters. The molecule has 0 spiro atoms. The first-order chi connectivity index (χ1) is 13.0. The van der Waals surface area contributed by atoms with Crippen molar-refractivity contribution in [2.24, 2.45) is 5.92 Å². The molecule has 4 rings (SSSR count). The second-order valence-electron chi connectivity index (χ2n) is 6.83. The quantitative estimate of drug-likeness (QED) is 0.730. The summed E-state index contributed by atoms with van der Waals surface area (Å²) in [5.41, 5.74) is 1.53. The summed E-state index contributed by atoms with van der Waals surface area (Å²) in [6.07, 6.45) is 4.27. The van der Waals surface area contributed by atoms with E-state index in [4.69, 9.17) is 16.1 Å². The first kappa shape index (κ1) is 17.7. The van der Waals surface area contributed by atoms with Crippen LogP contribution in [0.2, 0.25) is 5.02 Å². The topological polar surface area (TPSA) is 73.0 Å². The van der Waals surface area contributed by atoms with Crippen molar-refractivity contribution in [2.75, 3.05) is 5.32 Å². The van der Waals surface area contributed by atoms with Crippen molar-refractivity contribution in [2.45, 2.75) is 32.7 Å². The lowest BCUT2D eigenvalue weighted by atomic mass is 9.88. The van der Waals surface area contributed by atoms with E-state index in [0.29, 0.717) is 28.0 Å². The number of amides is 1. The number of carbonyl (C=O) groups excluding carboxylic acids is 1. The van der Waals surface area contributed by atoms with Crippen LogP contribution < -0.4 is 5.32 Å². The standard InChI is InChI=1S/C19H18ClFN4O2/c1-11-5-6-16-12(9-11)18(24-27-16)19(26)22-17-7-8-25(23-17)10-13-14(20)3-2-4-15(13)21/h2-4,7-8,11H,5-6,9-10H2,1H3,(H,22,23,26). The molecule has 2 aromatic heterocycles. The fourth-order valence-electron chi connectivity index (χ4n) is 3.29. The number of anilines is 1. The number of nitrogens with one attached hydrogen (secondary N) is 1. The minimum Gasteiger partial charge on any atom is -0.360 e. The number of fused-ring (bicyclic) bond motifs is 1. The third kappa shape index (κ3) is 3.60. The van der Waals surface area contributed by atoms with Gasteiger partial charge in [-0.2, -0.15) is 5.10 Å². The molecule has 140 valence electrons. The molecule has 1 aliphatic rings. The summed E-state index contributed by atoms with van der Waals surface area (Å²) in [6, 6.07) is 6.17. The third-order valence-electron chi connectivity index (χ3n) is 4.77. The number of hydrogen-bond donors (Lipinski definition) is 1. The van der Waals surface area contributed by atoms with E-state index in [1.165, 1.54) is 10.7 Å². The Bertz CT molecular complexity index is 977. The Kier molecular flexibility index (Phi) is 4.70. The highest BCUT2D eigenvalue weighted by Gasteiger charge is 2.27. The van der Waals surface area contributed by atoms with Crippen molar-refractivity contribution < 1.29 is 13.7 Å². The highest BCUT2D eigenvalue weighted by molar-refractivity contribution is 6.31. The maximum Gasteiger partial charge on any atom is 0.279 e. The van der Waals surface area contributed by atoms with Gasteiger partial charge in [0.05, 0.1) is 6.54 Å². The second-order valence-corrected chi connectivity index (χ2v) is 7.24. The van der Waals surface area contributed by atoms with E-state index in [0.717, 1.165) is 30.6 Å². The molecule has 1 aromatic carbocycles. The minimum atomic E-state index is -0.396. The van der Waals surface area contributed by atoms with Gasteiger partial charge >= 0.3 is 0 Å². The van der Waals surface area contributed by atoms with Crippen LogP contribution in [0.25, 0.3) is 0 Å². The van der Waals surface area contributed by atoms with Crippen LogP contribution in [0.5, 0.6) is 0 Å². The fraction of sp³-hybridized carbons (Fsp3) is 0.316. The summed E-state index contributed by atoms with van der Waals surface area (Å²) < 4.78 is 20.7. The number of benzene rings is 1. The summed E-state index contributed by atoms with van der Waals surface area (Å²) in [5, 5.41) is 11.3. The summed E-state index contributed by atoms with van der Waals surface area (Å²) in [5.74, 6) is 0.884. The Hall–Kier alpha value is -2.67. The number of carbonyl (C=O) groups is 1. The van der Waals surface area contributed by atoms with Crippen molar-refractivity contribution in [3.8, 4) is 0 Å². The van der Waals surface area contributed by atoms with Gasteiger partial charge in [0.15, 0.2) is 11.5 Å². The van der Waals surface area contributed by atoms with E-state index < -0.39 is 5.82 Å². The lowest BCUT2D eigenvalue weighted by molar-refractivity contribution is 0.101. The first-order valence-electron chi connectivity index (χ1n) is 8.76. The second kappa shape index (κ2) is 7.15. The Morgan fingerprint density at radius 2 is 2.30 bits per heavy atom. The number of halogens is 2. The number of nitrogens with zero attached hydrogens (tertiary/aromatic N) is 3. The molecule has 0 saturated heterocycles. The van der Waals surface area contributed by atoms with Crippen LogP contribution in [0.15, 0.2) is 35.0 Å². The Balaban J connectivity index is 1.48. The van der Waals surface area contributed by atoms with Crippen molar-refractivity contribution in [1.82, 2.24) is 14.9 Å². The molecule has 3 aromatic rings. The molecule has 6 nitrogen and oxygen atoms in total. The van der Waals surface area contributed by atoms with E-state index in [9.17, 15) is 9.18 Å². The van der Waals surface area contributed by atoms with Crippen LogP contribution in [-0.2, 0) is 19.4 Å². The molecule has 0 aliphatic heterocycles. The fourth-order valence-corrected chi connectivity index (χ4v) is 3.52. The average Bonchev–Trinajstić information content (AvgIpc) is 3.24. The number of aromatic nitrogens is 3. The van der Waals surface area contributed by atoms with Gasteiger partial charge in [-0.15, -0.1) is 0 Å². The summed E-state index contributed by atoms with van der Waals surface area (Å²) >= 11 is 6.05. The van der Waals surface area contributed by atoms with Gasteiger partial charge in [0, 0.05) is 34.8 Å². The zero-order valence-electron chi connectivity index (χ0n) is 14.7. The van der Waals surface area contributed by atoms with Gasteiger partial charge in [-0.3, -0.25) is 9.48 Å². The number of rotatable bonds is 4.